The predicted molar refractivity (Wildman–Crippen MR) is 94.6 cm³/mol. The first-order valence-electron chi connectivity index (χ1n) is 8.38. The van der Waals surface area contributed by atoms with Crippen LogP contribution >= 0.6 is 0 Å². The third-order valence-electron chi connectivity index (χ3n) is 4.02. The van der Waals surface area contributed by atoms with E-state index in [1.807, 2.05) is 32.0 Å². The van der Waals surface area contributed by atoms with Crippen molar-refractivity contribution < 1.29 is 17.9 Å². The van der Waals surface area contributed by atoms with Gasteiger partial charge in [0.15, 0.2) is 0 Å². The maximum Gasteiger partial charge on any atom is 0.228 e. The molecule has 1 amide bonds. The lowest BCUT2D eigenvalue weighted by molar-refractivity contribution is -0.120. The molecule has 1 heterocycles. The summed E-state index contributed by atoms with van der Waals surface area (Å²) in [6.07, 6.45) is 1.39. The van der Waals surface area contributed by atoms with Crippen molar-refractivity contribution >= 4 is 21.6 Å². The average molecular weight is 354 g/mol. The van der Waals surface area contributed by atoms with Crippen LogP contribution in [0.5, 0.6) is 5.75 Å². The molecule has 134 valence electrons. The number of carbonyl (C=O) groups is 1. The van der Waals surface area contributed by atoms with Gasteiger partial charge in [-0.1, -0.05) is 12.1 Å². The zero-order chi connectivity index (χ0) is 17.7. The molecule has 1 N–H and O–H groups in total. The average Bonchev–Trinajstić information content (AvgIpc) is 2.56. The number of para-hydroxylation sites is 2. The van der Waals surface area contributed by atoms with Crippen LogP contribution in [0.4, 0.5) is 5.69 Å². The quantitative estimate of drug-likeness (QED) is 0.851. The number of hydrogen-bond donors (Lipinski definition) is 1. The van der Waals surface area contributed by atoms with Crippen LogP contribution in [0.1, 0.15) is 33.6 Å². The number of benzene rings is 1. The highest BCUT2D eigenvalue weighted by Gasteiger charge is 2.31. The van der Waals surface area contributed by atoms with Gasteiger partial charge in [0.25, 0.3) is 0 Å². The lowest BCUT2D eigenvalue weighted by atomic mass is 9.98. The van der Waals surface area contributed by atoms with Gasteiger partial charge in [-0.05, 0) is 45.7 Å². The van der Waals surface area contributed by atoms with Crippen LogP contribution < -0.4 is 10.1 Å². The minimum Gasteiger partial charge on any atom is -0.489 e. The highest BCUT2D eigenvalue weighted by molar-refractivity contribution is 7.89. The third kappa shape index (κ3) is 4.70. The summed E-state index contributed by atoms with van der Waals surface area (Å²) in [6.45, 7) is 6.21. The van der Waals surface area contributed by atoms with E-state index in [0.717, 1.165) is 0 Å². The number of nitrogens with zero attached hydrogens (tertiary/aromatic N) is 1. The molecule has 1 aromatic rings. The monoisotopic (exact) mass is 354 g/mol. The van der Waals surface area contributed by atoms with Crippen LogP contribution in [0.15, 0.2) is 24.3 Å². The van der Waals surface area contributed by atoms with E-state index in [1.165, 1.54) is 4.31 Å². The van der Waals surface area contributed by atoms with Crippen molar-refractivity contribution in [2.24, 2.45) is 5.92 Å². The number of anilines is 1. The maximum atomic E-state index is 12.6. The normalized spacial score (nSPS) is 19.2. The fourth-order valence-corrected chi connectivity index (χ4v) is 3.93. The van der Waals surface area contributed by atoms with Gasteiger partial charge >= 0.3 is 0 Å². The molecule has 1 saturated heterocycles. The van der Waals surface area contributed by atoms with E-state index in [1.54, 1.807) is 13.0 Å². The summed E-state index contributed by atoms with van der Waals surface area (Å²) in [5, 5.41) is 2.89. The summed E-state index contributed by atoms with van der Waals surface area (Å²) in [5.74, 6) is 0.180. The van der Waals surface area contributed by atoms with E-state index in [2.05, 4.69) is 5.32 Å². The number of sulfonamides is 1. The first-order chi connectivity index (χ1) is 11.3. The Morgan fingerprint density at radius 1 is 1.38 bits per heavy atom. The van der Waals surface area contributed by atoms with Crippen molar-refractivity contribution in [1.82, 2.24) is 4.31 Å². The molecule has 2 rings (SSSR count). The molecule has 1 fully saturated rings. The largest absolute Gasteiger partial charge is 0.489 e. The molecule has 1 aromatic carbocycles. The van der Waals surface area contributed by atoms with Gasteiger partial charge < -0.3 is 10.1 Å². The van der Waals surface area contributed by atoms with Crippen LogP contribution in [0.3, 0.4) is 0 Å². The summed E-state index contributed by atoms with van der Waals surface area (Å²) < 4.78 is 31.2. The molecule has 7 heteroatoms. The maximum absolute atomic E-state index is 12.6. The van der Waals surface area contributed by atoms with Crippen molar-refractivity contribution in [2.75, 3.05) is 24.2 Å². The van der Waals surface area contributed by atoms with Gasteiger partial charge in [-0.3, -0.25) is 4.79 Å². The van der Waals surface area contributed by atoms with Gasteiger partial charge in [-0.25, -0.2) is 12.7 Å². The Balaban J connectivity index is 2.07. The van der Waals surface area contributed by atoms with Gasteiger partial charge in [0.2, 0.25) is 15.9 Å². The van der Waals surface area contributed by atoms with Gasteiger partial charge in [-0.2, -0.15) is 0 Å². The second-order valence-corrected chi connectivity index (χ2v) is 8.51. The Kier molecular flexibility index (Phi) is 6.23. The second-order valence-electron chi connectivity index (χ2n) is 6.25. The molecule has 0 spiro atoms. The number of hydrogen-bond acceptors (Lipinski definition) is 4. The topological polar surface area (TPSA) is 75.7 Å². The molecular formula is C17H26N2O4S. The summed E-state index contributed by atoms with van der Waals surface area (Å²) in [4.78, 5) is 12.6. The Morgan fingerprint density at radius 3 is 2.75 bits per heavy atom. The van der Waals surface area contributed by atoms with Gasteiger partial charge in [-0.15, -0.1) is 0 Å². The number of carbonyl (C=O) groups excluding carboxylic acids is 1. The minimum absolute atomic E-state index is 0.00270. The molecular weight excluding hydrogens is 328 g/mol. The van der Waals surface area contributed by atoms with E-state index >= 15 is 0 Å². The molecule has 0 radical (unpaired) electrons. The van der Waals surface area contributed by atoms with Crippen LogP contribution in [-0.2, 0) is 14.8 Å². The lowest BCUT2D eigenvalue weighted by Crippen LogP contribution is -2.44. The smallest absolute Gasteiger partial charge is 0.228 e. The molecule has 24 heavy (non-hydrogen) atoms. The number of amides is 1. The Labute approximate surface area is 144 Å². The van der Waals surface area contributed by atoms with E-state index in [0.29, 0.717) is 30.8 Å². The number of piperidine rings is 1. The summed E-state index contributed by atoms with van der Waals surface area (Å²) >= 11 is 0. The van der Waals surface area contributed by atoms with Gasteiger partial charge in [0, 0.05) is 13.1 Å². The summed E-state index contributed by atoms with van der Waals surface area (Å²) in [5.41, 5.74) is 0.617. The van der Waals surface area contributed by atoms with Crippen molar-refractivity contribution in [3.63, 3.8) is 0 Å². The Bertz CT molecular complexity index is 673. The first-order valence-corrected chi connectivity index (χ1v) is 9.98. The minimum atomic E-state index is -3.26. The van der Waals surface area contributed by atoms with Crippen LogP contribution in [0, 0.1) is 5.92 Å². The van der Waals surface area contributed by atoms with Crippen molar-refractivity contribution in [2.45, 2.75) is 39.7 Å². The third-order valence-corrected chi connectivity index (χ3v) is 5.87. The zero-order valence-electron chi connectivity index (χ0n) is 14.5. The zero-order valence-corrected chi connectivity index (χ0v) is 15.3. The van der Waals surface area contributed by atoms with Gasteiger partial charge in [0.05, 0.1) is 23.5 Å². The van der Waals surface area contributed by atoms with Gasteiger partial charge in [0.1, 0.15) is 5.75 Å². The van der Waals surface area contributed by atoms with E-state index in [-0.39, 0.29) is 30.2 Å². The van der Waals surface area contributed by atoms with Crippen LogP contribution in [0.25, 0.3) is 0 Å². The Hall–Kier alpha value is -1.60. The summed E-state index contributed by atoms with van der Waals surface area (Å²) in [7, 11) is -3.26. The Morgan fingerprint density at radius 2 is 2.08 bits per heavy atom. The fourth-order valence-electron chi connectivity index (χ4n) is 2.75. The molecule has 0 saturated carbocycles. The summed E-state index contributed by atoms with van der Waals surface area (Å²) in [6, 6.07) is 7.28. The SMILES string of the molecule is CCS(=O)(=O)N1CCCC(C(=O)Nc2ccccc2OC(C)C)C1. The highest BCUT2D eigenvalue weighted by atomic mass is 32.2. The highest BCUT2D eigenvalue weighted by Crippen LogP contribution is 2.27. The molecule has 1 unspecified atom stereocenters. The standard InChI is InChI=1S/C17H26N2O4S/c1-4-24(21,22)19-11-7-8-14(12-19)17(20)18-15-9-5-6-10-16(15)23-13(2)3/h5-6,9-10,13-14H,4,7-8,11-12H2,1-3H3,(H,18,20). The molecule has 1 atom stereocenters. The number of ether oxygens (including phenoxy) is 1. The molecule has 1 aliphatic rings. The number of rotatable bonds is 6. The van der Waals surface area contributed by atoms with Crippen LogP contribution in [0.2, 0.25) is 0 Å². The first kappa shape index (κ1) is 18.7. The van der Waals surface area contributed by atoms with Crippen molar-refractivity contribution in [3.8, 4) is 5.75 Å². The van der Waals surface area contributed by atoms with E-state index in [4.69, 9.17) is 4.74 Å². The predicted octanol–water partition coefficient (Wildman–Crippen LogP) is 2.47. The van der Waals surface area contributed by atoms with E-state index in [9.17, 15) is 13.2 Å². The van der Waals surface area contributed by atoms with E-state index < -0.39 is 10.0 Å². The second kappa shape index (κ2) is 7.98. The fraction of sp³-hybridized carbons (Fsp3) is 0.588. The van der Waals surface area contributed by atoms with Crippen molar-refractivity contribution in [3.05, 3.63) is 24.3 Å². The number of nitrogens with one attached hydrogen (secondary N) is 1. The molecule has 0 aromatic heterocycles. The van der Waals surface area contributed by atoms with Crippen LogP contribution in [-0.4, -0.2) is 43.6 Å². The molecule has 0 aliphatic carbocycles. The lowest BCUT2D eigenvalue weighted by Gasteiger charge is -2.31. The van der Waals surface area contributed by atoms with Crippen molar-refractivity contribution in [1.29, 1.82) is 0 Å². The molecule has 0 bridgehead atoms. The molecule has 1 aliphatic heterocycles. The molecule has 6 nitrogen and oxygen atoms in total.